The van der Waals surface area contributed by atoms with E-state index in [4.69, 9.17) is 0 Å². The highest BCUT2D eigenvalue weighted by Gasteiger charge is 2.43. The van der Waals surface area contributed by atoms with Gasteiger partial charge in [-0.05, 0) is 92.1 Å². The minimum absolute atomic E-state index is 0.0755. The standard InChI is InChI=1S/C25H25FN2O4S/c1-15-10-16(2)12-20(11-15)27-19-5-7-21(8-6-19)33(31,32)28-17(3)22(14-25(29)30)23-13-18(26)4-9-24(23)28/h4-13,17,22,27H,14H2,1-3H3,(H,29,30). The van der Waals surface area contributed by atoms with Gasteiger partial charge < -0.3 is 10.4 Å². The number of hydrogen-bond acceptors (Lipinski definition) is 4. The lowest BCUT2D eigenvalue weighted by molar-refractivity contribution is -0.137. The molecule has 0 aliphatic carbocycles. The maximum Gasteiger partial charge on any atom is 0.304 e. The summed E-state index contributed by atoms with van der Waals surface area (Å²) < 4.78 is 42.2. The number of aliphatic carboxylic acids is 1. The van der Waals surface area contributed by atoms with Gasteiger partial charge in [-0.25, -0.2) is 12.8 Å². The van der Waals surface area contributed by atoms with E-state index in [0.717, 1.165) is 22.5 Å². The molecule has 0 amide bonds. The number of carboxylic acid groups (broad SMARTS) is 1. The molecule has 1 heterocycles. The molecule has 2 atom stereocenters. The van der Waals surface area contributed by atoms with Crippen LogP contribution in [0, 0.1) is 19.7 Å². The van der Waals surface area contributed by atoms with Crippen molar-refractivity contribution in [1.82, 2.24) is 0 Å². The molecule has 1 aliphatic rings. The first-order chi connectivity index (χ1) is 15.6. The van der Waals surface area contributed by atoms with Crippen LogP contribution in [0.2, 0.25) is 0 Å². The van der Waals surface area contributed by atoms with Gasteiger partial charge in [-0.15, -0.1) is 0 Å². The third-order valence-electron chi connectivity index (χ3n) is 5.89. The van der Waals surface area contributed by atoms with Gasteiger partial charge in [0.25, 0.3) is 10.0 Å². The van der Waals surface area contributed by atoms with Crippen LogP contribution < -0.4 is 9.62 Å². The zero-order valence-electron chi connectivity index (χ0n) is 18.5. The summed E-state index contributed by atoms with van der Waals surface area (Å²) in [5.41, 5.74) is 4.58. The lowest BCUT2D eigenvalue weighted by Gasteiger charge is -2.26. The Bertz CT molecular complexity index is 1300. The van der Waals surface area contributed by atoms with Gasteiger partial charge in [0.2, 0.25) is 0 Å². The number of nitrogens with zero attached hydrogens (tertiary/aromatic N) is 1. The second-order valence-corrected chi connectivity index (χ2v) is 10.3. The number of sulfonamides is 1. The third-order valence-corrected chi connectivity index (χ3v) is 7.81. The number of carboxylic acids is 1. The highest BCUT2D eigenvalue weighted by Crippen LogP contribution is 2.45. The van der Waals surface area contributed by atoms with Crippen molar-refractivity contribution in [2.75, 3.05) is 9.62 Å². The monoisotopic (exact) mass is 468 g/mol. The number of anilines is 3. The van der Waals surface area contributed by atoms with E-state index in [2.05, 4.69) is 11.4 Å². The second-order valence-electron chi connectivity index (χ2n) is 8.47. The minimum atomic E-state index is -4.00. The molecular formula is C25H25FN2O4S. The number of benzene rings is 3. The molecule has 33 heavy (non-hydrogen) atoms. The molecule has 2 N–H and O–H groups in total. The van der Waals surface area contributed by atoms with Crippen LogP contribution in [0.3, 0.4) is 0 Å². The third kappa shape index (κ3) is 4.43. The van der Waals surface area contributed by atoms with Crippen LogP contribution in [-0.4, -0.2) is 25.5 Å². The summed E-state index contributed by atoms with van der Waals surface area (Å²) >= 11 is 0. The Kier molecular flexibility index (Phi) is 5.88. The van der Waals surface area contributed by atoms with Gasteiger partial charge in [0.15, 0.2) is 0 Å². The molecule has 0 saturated heterocycles. The fourth-order valence-electron chi connectivity index (χ4n) is 4.52. The summed E-state index contributed by atoms with van der Waals surface area (Å²) in [7, 11) is -4.00. The van der Waals surface area contributed by atoms with Crippen LogP contribution in [0.1, 0.15) is 36.0 Å². The van der Waals surface area contributed by atoms with Crippen LogP contribution >= 0.6 is 0 Å². The summed E-state index contributed by atoms with van der Waals surface area (Å²) in [6, 6.07) is 15.6. The van der Waals surface area contributed by atoms with Crippen LogP contribution in [0.25, 0.3) is 0 Å². The number of fused-ring (bicyclic) bond motifs is 1. The Balaban J connectivity index is 1.66. The number of nitrogens with one attached hydrogen (secondary N) is 1. The van der Waals surface area contributed by atoms with Crippen molar-refractivity contribution >= 4 is 33.1 Å². The average molecular weight is 469 g/mol. The summed E-state index contributed by atoms with van der Waals surface area (Å²) in [4.78, 5) is 11.5. The van der Waals surface area contributed by atoms with Crippen molar-refractivity contribution in [1.29, 1.82) is 0 Å². The predicted molar refractivity (Wildman–Crippen MR) is 126 cm³/mol. The van der Waals surface area contributed by atoms with E-state index in [1.54, 1.807) is 19.1 Å². The molecule has 0 spiro atoms. The maximum atomic E-state index is 13.9. The first-order valence-corrected chi connectivity index (χ1v) is 12.0. The predicted octanol–water partition coefficient (Wildman–Crippen LogP) is 5.34. The van der Waals surface area contributed by atoms with Gasteiger partial charge in [0.1, 0.15) is 5.82 Å². The minimum Gasteiger partial charge on any atom is -0.481 e. The van der Waals surface area contributed by atoms with Gasteiger partial charge in [0, 0.05) is 17.3 Å². The van der Waals surface area contributed by atoms with Crippen molar-refractivity contribution in [2.24, 2.45) is 0 Å². The number of hydrogen-bond donors (Lipinski definition) is 2. The van der Waals surface area contributed by atoms with Crippen LogP contribution in [-0.2, 0) is 14.8 Å². The Labute approximate surface area is 192 Å². The molecule has 1 aliphatic heterocycles. The van der Waals surface area contributed by atoms with Crippen molar-refractivity contribution in [3.05, 3.63) is 83.2 Å². The van der Waals surface area contributed by atoms with Gasteiger partial charge in [-0.3, -0.25) is 9.10 Å². The highest BCUT2D eigenvalue weighted by atomic mass is 32.2. The van der Waals surface area contributed by atoms with Crippen LogP contribution in [0.5, 0.6) is 0 Å². The van der Waals surface area contributed by atoms with Crippen LogP contribution in [0.4, 0.5) is 21.5 Å². The Morgan fingerprint density at radius 1 is 1.00 bits per heavy atom. The van der Waals surface area contributed by atoms with E-state index < -0.39 is 33.8 Å². The lowest BCUT2D eigenvalue weighted by Crippen LogP contribution is -2.37. The van der Waals surface area contributed by atoms with Gasteiger partial charge in [-0.1, -0.05) is 6.07 Å². The van der Waals surface area contributed by atoms with Gasteiger partial charge in [0.05, 0.1) is 23.0 Å². The molecule has 3 aromatic rings. The molecule has 6 nitrogen and oxygen atoms in total. The molecule has 0 saturated carbocycles. The molecule has 8 heteroatoms. The summed E-state index contributed by atoms with van der Waals surface area (Å²) in [5, 5.41) is 12.6. The quantitative estimate of drug-likeness (QED) is 0.510. The van der Waals surface area contributed by atoms with E-state index in [-0.39, 0.29) is 11.3 Å². The molecule has 0 bridgehead atoms. The lowest BCUT2D eigenvalue weighted by atomic mass is 9.93. The van der Waals surface area contributed by atoms with E-state index in [1.165, 1.54) is 34.6 Å². The molecule has 0 fully saturated rings. The summed E-state index contributed by atoms with van der Waals surface area (Å²) in [5.74, 6) is -2.24. The molecule has 172 valence electrons. The Morgan fingerprint density at radius 2 is 1.64 bits per heavy atom. The van der Waals surface area contributed by atoms with Gasteiger partial charge >= 0.3 is 5.97 Å². The van der Waals surface area contributed by atoms with Crippen molar-refractivity contribution in [2.45, 2.75) is 44.0 Å². The normalized spacial score (nSPS) is 17.6. The summed E-state index contributed by atoms with van der Waals surface area (Å²) in [6.07, 6.45) is -0.289. The Morgan fingerprint density at radius 3 is 2.24 bits per heavy atom. The highest BCUT2D eigenvalue weighted by molar-refractivity contribution is 7.92. The van der Waals surface area contributed by atoms with Crippen molar-refractivity contribution in [3.8, 4) is 0 Å². The average Bonchev–Trinajstić information content (AvgIpc) is 2.99. The summed E-state index contributed by atoms with van der Waals surface area (Å²) in [6.45, 7) is 5.66. The van der Waals surface area contributed by atoms with E-state index in [9.17, 15) is 22.7 Å². The fourth-order valence-corrected chi connectivity index (χ4v) is 6.24. The van der Waals surface area contributed by atoms with Gasteiger partial charge in [-0.2, -0.15) is 0 Å². The SMILES string of the molecule is Cc1cc(C)cc(Nc2ccc(S(=O)(=O)N3c4ccc(F)cc4C(CC(=O)O)C3C)cc2)c1. The first kappa shape index (κ1) is 22.8. The van der Waals surface area contributed by atoms with E-state index in [0.29, 0.717) is 11.3 Å². The van der Waals surface area contributed by atoms with E-state index in [1.807, 2.05) is 26.0 Å². The maximum absolute atomic E-state index is 13.9. The number of aryl methyl sites for hydroxylation is 2. The first-order valence-electron chi connectivity index (χ1n) is 10.6. The molecule has 0 radical (unpaired) electrons. The van der Waals surface area contributed by atoms with Crippen LogP contribution in [0.15, 0.2) is 65.6 Å². The molecule has 4 rings (SSSR count). The number of halogens is 1. The fraction of sp³-hybridized carbons (Fsp3) is 0.240. The molecule has 0 aromatic heterocycles. The van der Waals surface area contributed by atoms with Crippen molar-refractivity contribution < 1.29 is 22.7 Å². The topological polar surface area (TPSA) is 86.7 Å². The second kappa shape index (κ2) is 8.51. The zero-order valence-corrected chi connectivity index (χ0v) is 19.4. The molecule has 3 aromatic carbocycles. The van der Waals surface area contributed by atoms with E-state index >= 15 is 0 Å². The smallest absolute Gasteiger partial charge is 0.304 e. The number of carbonyl (C=O) groups is 1. The largest absolute Gasteiger partial charge is 0.481 e. The number of rotatable bonds is 6. The zero-order chi connectivity index (χ0) is 23.9. The molecule has 2 unspecified atom stereocenters. The molecular weight excluding hydrogens is 443 g/mol. The Hall–Kier alpha value is -3.39. The van der Waals surface area contributed by atoms with Crippen molar-refractivity contribution in [3.63, 3.8) is 0 Å².